The lowest BCUT2D eigenvalue weighted by molar-refractivity contribution is -0.145. The Morgan fingerprint density at radius 1 is 1.27 bits per heavy atom. The highest BCUT2D eigenvalue weighted by Gasteiger charge is 2.49. The number of hydrogen-bond donors (Lipinski definition) is 2. The van der Waals surface area contributed by atoms with E-state index in [2.05, 4.69) is 5.32 Å². The van der Waals surface area contributed by atoms with E-state index in [1.54, 1.807) is 6.92 Å². The largest absolute Gasteiger partial charge is 0.480 e. The molecule has 2 N–H and O–H groups in total. The van der Waals surface area contributed by atoms with E-state index in [0.717, 1.165) is 9.80 Å². The minimum Gasteiger partial charge on any atom is -0.480 e. The van der Waals surface area contributed by atoms with Crippen molar-refractivity contribution in [1.82, 2.24) is 15.1 Å². The lowest BCUT2D eigenvalue weighted by Gasteiger charge is -2.24. The number of hydrogen-bond acceptors (Lipinski definition) is 4. The van der Waals surface area contributed by atoms with Crippen molar-refractivity contribution in [1.29, 1.82) is 0 Å². The predicted octanol–water partition coefficient (Wildman–Crippen LogP) is 0.916. The zero-order valence-electron chi connectivity index (χ0n) is 14.5. The molecule has 140 valence electrons. The summed E-state index contributed by atoms with van der Waals surface area (Å²) >= 11 is 0. The fraction of sp³-hybridized carbons (Fsp3) is 0.412. The van der Waals surface area contributed by atoms with Crippen LogP contribution in [0.3, 0.4) is 0 Å². The van der Waals surface area contributed by atoms with Gasteiger partial charge in [0, 0.05) is 6.54 Å². The third kappa shape index (κ3) is 3.81. The molecule has 26 heavy (non-hydrogen) atoms. The maximum absolute atomic E-state index is 13.1. The van der Waals surface area contributed by atoms with E-state index in [0.29, 0.717) is 12.0 Å². The Balaban J connectivity index is 2.19. The molecule has 1 aromatic carbocycles. The summed E-state index contributed by atoms with van der Waals surface area (Å²) in [5.74, 6) is -2.96. The van der Waals surface area contributed by atoms with Gasteiger partial charge in [0.25, 0.3) is 5.91 Å². The van der Waals surface area contributed by atoms with Crippen molar-refractivity contribution in [2.75, 3.05) is 19.6 Å². The number of rotatable bonds is 7. The third-order valence-electron chi connectivity index (χ3n) is 4.16. The smallest absolute Gasteiger partial charge is 0.325 e. The number of carboxylic acids is 1. The van der Waals surface area contributed by atoms with E-state index < -0.39 is 48.3 Å². The summed E-state index contributed by atoms with van der Waals surface area (Å²) in [6.45, 7) is 2.37. The summed E-state index contributed by atoms with van der Waals surface area (Å²) in [6, 6.07) is 4.34. The molecule has 4 amide bonds. The van der Waals surface area contributed by atoms with Crippen LogP contribution < -0.4 is 5.32 Å². The fourth-order valence-electron chi connectivity index (χ4n) is 2.78. The Morgan fingerprint density at radius 2 is 1.88 bits per heavy atom. The Morgan fingerprint density at radius 3 is 2.42 bits per heavy atom. The Kier molecular flexibility index (Phi) is 5.59. The van der Waals surface area contributed by atoms with Gasteiger partial charge in [0.1, 0.15) is 24.4 Å². The highest BCUT2D eigenvalue weighted by atomic mass is 19.1. The van der Waals surface area contributed by atoms with Crippen LogP contribution in [0.25, 0.3) is 0 Å². The first-order valence-corrected chi connectivity index (χ1v) is 8.08. The summed E-state index contributed by atoms with van der Waals surface area (Å²) < 4.78 is 13.1. The number of halogens is 1. The standard InChI is InChI=1S/C17H20FN3O5/c1-3-8-20(10-14(23)24)13(22)9-21-15(25)17(2,19-16(21)26)11-4-6-12(18)7-5-11/h4-7H,3,8-10H2,1-2H3,(H,19,26)(H,23,24). The van der Waals surface area contributed by atoms with Crippen LogP contribution in [0.15, 0.2) is 24.3 Å². The molecule has 1 fully saturated rings. The predicted molar refractivity (Wildman–Crippen MR) is 88.5 cm³/mol. The molecule has 1 aliphatic rings. The number of nitrogens with one attached hydrogen (secondary N) is 1. The van der Waals surface area contributed by atoms with Crippen molar-refractivity contribution >= 4 is 23.8 Å². The SMILES string of the molecule is CCCN(CC(=O)O)C(=O)CN1C(=O)NC(C)(c2ccc(F)cc2)C1=O. The molecule has 1 unspecified atom stereocenters. The van der Waals surface area contributed by atoms with Gasteiger partial charge >= 0.3 is 12.0 Å². The van der Waals surface area contributed by atoms with Crippen LogP contribution in [0.5, 0.6) is 0 Å². The number of imide groups is 1. The van der Waals surface area contributed by atoms with Crippen LogP contribution in [0.1, 0.15) is 25.8 Å². The van der Waals surface area contributed by atoms with Crippen LogP contribution in [0.2, 0.25) is 0 Å². The van der Waals surface area contributed by atoms with Gasteiger partial charge in [-0.25, -0.2) is 9.18 Å². The average molecular weight is 365 g/mol. The molecule has 9 heteroatoms. The van der Waals surface area contributed by atoms with Gasteiger partial charge in [0.15, 0.2) is 0 Å². The zero-order valence-corrected chi connectivity index (χ0v) is 14.5. The van der Waals surface area contributed by atoms with E-state index >= 15 is 0 Å². The lowest BCUT2D eigenvalue weighted by Crippen LogP contribution is -2.46. The number of urea groups is 1. The lowest BCUT2D eigenvalue weighted by atomic mass is 9.92. The van der Waals surface area contributed by atoms with Gasteiger partial charge in [-0.1, -0.05) is 19.1 Å². The first-order valence-electron chi connectivity index (χ1n) is 8.08. The summed E-state index contributed by atoms with van der Waals surface area (Å²) in [5, 5.41) is 11.4. The molecule has 0 aliphatic carbocycles. The van der Waals surface area contributed by atoms with Gasteiger partial charge in [-0.2, -0.15) is 0 Å². The Labute approximate surface area is 149 Å². The number of aliphatic carboxylic acids is 1. The van der Waals surface area contributed by atoms with E-state index in [1.165, 1.54) is 31.2 Å². The number of benzene rings is 1. The topological polar surface area (TPSA) is 107 Å². The van der Waals surface area contributed by atoms with E-state index in [4.69, 9.17) is 5.11 Å². The van der Waals surface area contributed by atoms with Crippen LogP contribution in [0.4, 0.5) is 9.18 Å². The number of carbonyl (C=O) groups excluding carboxylic acids is 3. The number of carboxylic acid groups (broad SMARTS) is 1. The normalized spacial score (nSPS) is 19.4. The number of carbonyl (C=O) groups is 4. The first kappa shape index (κ1) is 19.4. The summed E-state index contributed by atoms with van der Waals surface area (Å²) in [6.07, 6.45) is 0.534. The van der Waals surface area contributed by atoms with Crippen molar-refractivity contribution in [3.05, 3.63) is 35.6 Å². The second-order valence-electron chi connectivity index (χ2n) is 6.16. The molecule has 1 aromatic rings. The van der Waals surface area contributed by atoms with Crippen molar-refractivity contribution in [3.63, 3.8) is 0 Å². The molecule has 8 nitrogen and oxygen atoms in total. The molecule has 2 rings (SSSR count). The van der Waals surface area contributed by atoms with Crippen molar-refractivity contribution in [2.24, 2.45) is 0 Å². The van der Waals surface area contributed by atoms with Gasteiger partial charge in [0.05, 0.1) is 0 Å². The minimum absolute atomic E-state index is 0.198. The van der Waals surface area contributed by atoms with Crippen LogP contribution in [0, 0.1) is 5.82 Å². The average Bonchev–Trinajstić information content (AvgIpc) is 2.78. The van der Waals surface area contributed by atoms with Crippen molar-refractivity contribution in [3.8, 4) is 0 Å². The third-order valence-corrected chi connectivity index (χ3v) is 4.16. The van der Waals surface area contributed by atoms with Crippen LogP contribution in [-0.4, -0.2) is 58.4 Å². The quantitative estimate of drug-likeness (QED) is 0.699. The molecule has 0 bridgehead atoms. The molecule has 1 saturated heterocycles. The molecule has 0 aromatic heterocycles. The maximum atomic E-state index is 13.1. The van der Waals surface area contributed by atoms with E-state index in [1.807, 2.05) is 0 Å². The second kappa shape index (κ2) is 7.51. The van der Waals surface area contributed by atoms with Crippen molar-refractivity contribution < 1.29 is 28.7 Å². The van der Waals surface area contributed by atoms with Gasteiger partial charge in [-0.05, 0) is 31.0 Å². The molecule has 0 saturated carbocycles. The van der Waals surface area contributed by atoms with Gasteiger partial charge in [-0.3, -0.25) is 19.3 Å². The Bertz CT molecular complexity index is 736. The summed E-state index contributed by atoms with van der Waals surface area (Å²) in [4.78, 5) is 50.0. The highest BCUT2D eigenvalue weighted by molar-refractivity contribution is 6.09. The van der Waals surface area contributed by atoms with E-state index in [9.17, 15) is 23.6 Å². The molecule has 1 aliphatic heterocycles. The molecular formula is C17H20FN3O5. The van der Waals surface area contributed by atoms with Gasteiger partial charge in [-0.15, -0.1) is 0 Å². The fourth-order valence-corrected chi connectivity index (χ4v) is 2.78. The molecular weight excluding hydrogens is 345 g/mol. The first-order chi connectivity index (χ1) is 12.2. The molecule has 1 atom stereocenters. The summed E-state index contributed by atoms with van der Waals surface area (Å²) in [7, 11) is 0. The molecule has 1 heterocycles. The maximum Gasteiger partial charge on any atom is 0.325 e. The summed E-state index contributed by atoms with van der Waals surface area (Å²) in [5.41, 5.74) is -1.05. The number of nitrogens with zero attached hydrogens (tertiary/aromatic N) is 2. The van der Waals surface area contributed by atoms with Gasteiger partial charge in [0.2, 0.25) is 5.91 Å². The van der Waals surface area contributed by atoms with Crippen LogP contribution in [-0.2, 0) is 19.9 Å². The number of amides is 4. The van der Waals surface area contributed by atoms with E-state index in [-0.39, 0.29) is 6.54 Å². The van der Waals surface area contributed by atoms with Crippen molar-refractivity contribution in [2.45, 2.75) is 25.8 Å². The molecule has 0 spiro atoms. The zero-order chi connectivity index (χ0) is 19.5. The Hall–Kier alpha value is -2.97. The highest BCUT2D eigenvalue weighted by Crippen LogP contribution is 2.28. The molecule has 0 radical (unpaired) electrons. The van der Waals surface area contributed by atoms with Gasteiger partial charge < -0.3 is 15.3 Å². The monoisotopic (exact) mass is 365 g/mol. The second-order valence-corrected chi connectivity index (χ2v) is 6.16. The van der Waals surface area contributed by atoms with Crippen LogP contribution >= 0.6 is 0 Å². The minimum atomic E-state index is -1.42.